The fraction of sp³-hybridized carbons (Fsp3) is 0.500. The first-order chi connectivity index (χ1) is 10.9. The molecule has 0 aromatic heterocycles. The van der Waals surface area contributed by atoms with Crippen LogP contribution in [-0.4, -0.2) is 47.7 Å². The van der Waals surface area contributed by atoms with E-state index in [2.05, 4.69) is 10.6 Å². The average Bonchev–Trinajstić information content (AvgIpc) is 2.74. The summed E-state index contributed by atoms with van der Waals surface area (Å²) in [4.78, 5) is 25.6. The molecule has 0 bridgehead atoms. The van der Waals surface area contributed by atoms with Crippen LogP contribution in [0.1, 0.15) is 31.4 Å². The van der Waals surface area contributed by atoms with Gasteiger partial charge < -0.3 is 20.6 Å². The maximum Gasteiger partial charge on any atom is 0.315 e. The molecule has 0 saturated carbocycles. The molecule has 3 N–H and O–H groups in total. The van der Waals surface area contributed by atoms with Gasteiger partial charge in [-0.25, -0.2) is 4.79 Å². The van der Waals surface area contributed by atoms with Gasteiger partial charge in [0.2, 0.25) is 5.91 Å². The number of nitrogens with one attached hydrogen (secondary N) is 2. The summed E-state index contributed by atoms with van der Waals surface area (Å²) in [6.07, 6.45) is 0.279. The molecular formula is C16H22ClN3O3. The number of aliphatic hydroxyl groups excluding tert-OH is 1. The topological polar surface area (TPSA) is 81.7 Å². The molecule has 1 aromatic rings. The molecule has 3 atom stereocenters. The summed E-state index contributed by atoms with van der Waals surface area (Å²) in [5, 5.41) is 15.4. The van der Waals surface area contributed by atoms with Crippen molar-refractivity contribution in [3.63, 3.8) is 0 Å². The highest BCUT2D eigenvalue weighted by Gasteiger charge is 2.39. The van der Waals surface area contributed by atoms with E-state index in [0.29, 0.717) is 18.0 Å². The summed E-state index contributed by atoms with van der Waals surface area (Å²) in [6, 6.07) is 6.41. The molecule has 2 rings (SSSR count). The van der Waals surface area contributed by atoms with E-state index >= 15 is 0 Å². The van der Waals surface area contributed by atoms with E-state index in [0.717, 1.165) is 5.56 Å². The third-order valence-corrected chi connectivity index (χ3v) is 4.21. The Morgan fingerprint density at radius 2 is 2.09 bits per heavy atom. The third kappa shape index (κ3) is 4.59. The van der Waals surface area contributed by atoms with Gasteiger partial charge in [0.25, 0.3) is 0 Å². The molecule has 1 aliphatic rings. The molecule has 0 spiro atoms. The van der Waals surface area contributed by atoms with Gasteiger partial charge in [0.1, 0.15) is 0 Å². The van der Waals surface area contributed by atoms with Gasteiger partial charge in [-0.2, -0.15) is 0 Å². The van der Waals surface area contributed by atoms with Crippen molar-refractivity contribution < 1.29 is 14.7 Å². The molecule has 1 aromatic carbocycles. The van der Waals surface area contributed by atoms with Crippen LogP contribution in [0.2, 0.25) is 5.02 Å². The van der Waals surface area contributed by atoms with Gasteiger partial charge in [0.05, 0.1) is 18.2 Å². The fourth-order valence-electron chi connectivity index (χ4n) is 2.73. The van der Waals surface area contributed by atoms with Crippen molar-refractivity contribution in [1.82, 2.24) is 15.5 Å². The molecule has 0 unspecified atom stereocenters. The maximum atomic E-state index is 12.0. The molecule has 1 saturated heterocycles. The molecule has 1 fully saturated rings. The zero-order valence-corrected chi connectivity index (χ0v) is 14.0. The number of likely N-dealkylation sites (N-methyl/N-ethyl adjacent to an activating group) is 1. The Morgan fingerprint density at radius 1 is 1.43 bits per heavy atom. The molecule has 126 valence electrons. The van der Waals surface area contributed by atoms with Gasteiger partial charge in [-0.05, 0) is 31.0 Å². The zero-order chi connectivity index (χ0) is 17.0. The molecule has 23 heavy (non-hydrogen) atoms. The van der Waals surface area contributed by atoms with Gasteiger partial charge in [0, 0.05) is 25.0 Å². The molecule has 1 heterocycles. The van der Waals surface area contributed by atoms with Crippen molar-refractivity contribution in [2.45, 2.75) is 38.0 Å². The van der Waals surface area contributed by atoms with Crippen molar-refractivity contribution >= 4 is 23.5 Å². The normalized spacial score (nSPS) is 22.1. The molecule has 7 heteroatoms. The minimum atomic E-state index is -0.462. The minimum absolute atomic E-state index is 0.0146. The van der Waals surface area contributed by atoms with E-state index in [1.165, 1.54) is 0 Å². The number of benzene rings is 1. The number of aliphatic hydroxyl groups is 1. The Hall–Kier alpha value is -1.79. The highest BCUT2D eigenvalue weighted by molar-refractivity contribution is 6.30. The van der Waals surface area contributed by atoms with Gasteiger partial charge in [-0.3, -0.25) is 4.79 Å². The quantitative estimate of drug-likeness (QED) is 0.763. The lowest BCUT2D eigenvalue weighted by atomic mass is 10.0. The number of hydrogen-bond acceptors (Lipinski definition) is 3. The summed E-state index contributed by atoms with van der Waals surface area (Å²) in [6.45, 7) is 2.05. The van der Waals surface area contributed by atoms with E-state index in [4.69, 9.17) is 11.6 Å². The number of carbonyl (C=O) groups excluding carboxylic acids is 2. The van der Waals surface area contributed by atoms with Crippen LogP contribution in [0.25, 0.3) is 0 Å². The first kappa shape index (κ1) is 17.6. The van der Waals surface area contributed by atoms with Gasteiger partial charge in [-0.15, -0.1) is 0 Å². The largest absolute Gasteiger partial charge is 0.393 e. The maximum absolute atomic E-state index is 12.0. The second kappa shape index (κ2) is 7.66. The Kier molecular flexibility index (Phi) is 5.85. The first-order valence-corrected chi connectivity index (χ1v) is 8.00. The van der Waals surface area contributed by atoms with Crippen molar-refractivity contribution in [3.05, 3.63) is 34.9 Å². The minimum Gasteiger partial charge on any atom is -0.393 e. The van der Waals surface area contributed by atoms with Crippen LogP contribution in [0.5, 0.6) is 0 Å². The van der Waals surface area contributed by atoms with E-state index < -0.39 is 6.10 Å². The lowest BCUT2D eigenvalue weighted by Crippen LogP contribution is -2.45. The number of rotatable bonds is 5. The Labute approximate surface area is 140 Å². The van der Waals surface area contributed by atoms with Crippen LogP contribution in [0.3, 0.4) is 0 Å². The van der Waals surface area contributed by atoms with Crippen molar-refractivity contribution in [1.29, 1.82) is 0 Å². The smallest absolute Gasteiger partial charge is 0.315 e. The Balaban J connectivity index is 2.02. The van der Waals surface area contributed by atoms with E-state index in [9.17, 15) is 14.7 Å². The van der Waals surface area contributed by atoms with Crippen molar-refractivity contribution in [2.24, 2.45) is 0 Å². The SMILES string of the molecule is C[C@H](O)CCNC(=O)N[C@@H]1CC(=O)N(C)[C@H]1c1ccc(Cl)cc1. The van der Waals surface area contributed by atoms with Crippen LogP contribution >= 0.6 is 11.6 Å². The van der Waals surface area contributed by atoms with Crippen LogP contribution in [-0.2, 0) is 4.79 Å². The summed E-state index contributed by atoms with van der Waals surface area (Å²) < 4.78 is 0. The number of nitrogens with zero attached hydrogens (tertiary/aromatic N) is 1. The van der Waals surface area contributed by atoms with E-state index in [-0.39, 0.29) is 30.4 Å². The molecule has 0 radical (unpaired) electrons. The van der Waals surface area contributed by atoms with Crippen molar-refractivity contribution in [2.75, 3.05) is 13.6 Å². The standard InChI is InChI=1S/C16H22ClN3O3/c1-10(21)7-8-18-16(23)19-13-9-14(22)20(2)15(13)11-3-5-12(17)6-4-11/h3-6,10,13,15,21H,7-9H2,1-2H3,(H2,18,19,23)/t10-,13+,15-/m0/s1. The number of hydrogen-bond donors (Lipinski definition) is 3. The van der Waals surface area contributed by atoms with Crippen LogP contribution < -0.4 is 10.6 Å². The monoisotopic (exact) mass is 339 g/mol. The average molecular weight is 340 g/mol. The van der Waals surface area contributed by atoms with Crippen LogP contribution in [0.4, 0.5) is 4.79 Å². The molecule has 0 aliphatic carbocycles. The number of carbonyl (C=O) groups is 2. The Morgan fingerprint density at radius 3 is 2.70 bits per heavy atom. The summed E-state index contributed by atoms with van der Waals surface area (Å²) in [7, 11) is 1.73. The highest BCUT2D eigenvalue weighted by Crippen LogP contribution is 2.32. The number of urea groups is 1. The molecule has 3 amide bonds. The predicted octanol–water partition coefficient (Wildman–Crippen LogP) is 1.68. The molecule has 1 aliphatic heterocycles. The molecular weight excluding hydrogens is 318 g/mol. The summed E-state index contributed by atoms with van der Waals surface area (Å²) in [5.41, 5.74) is 0.928. The zero-order valence-electron chi connectivity index (χ0n) is 13.3. The van der Waals surface area contributed by atoms with Gasteiger partial charge in [0.15, 0.2) is 0 Å². The Bertz CT molecular complexity index is 562. The molecule has 6 nitrogen and oxygen atoms in total. The van der Waals surface area contributed by atoms with Gasteiger partial charge in [-0.1, -0.05) is 23.7 Å². The predicted molar refractivity (Wildman–Crippen MR) is 88.2 cm³/mol. The summed E-state index contributed by atoms with van der Waals surface area (Å²) >= 11 is 5.91. The lowest BCUT2D eigenvalue weighted by molar-refractivity contribution is -0.127. The van der Waals surface area contributed by atoms with Crippen molar-refractivity contribution in [3.8, 4) is 0 Å². The van der Waals surface area contributed by atoms with Gasteiger partial charge >= 0.3 is 6.03 Å². The second-order valence-electron chi connectivity index (χ2n) is 5.85. The third-order valence-electron chi connectivity index (χ3n) is 3.96. The highest BCUT2D eigenvalue weighted by atomic mass is 35.5. The summed E-state index contributed by atoms with van der Waals surface area (Å²) in [5.74, 6) is -0.0146. The second-order valence-corrected chi connectivity index (χ2v) is 6.29. The van der Waals surface area contributed by atoms with E-state index in [1.54, 1.807) is 31.0 Å². The van der Waals surface area contributed by atoms with Crippen LogP contribution in [0, 0.1) is 0 Å². The fourth-order valence-corrected chi connectivity index (χ4v) is 2.85. The first-order valence-electron chi connectivity index (χ1n) is 7.62. The number of likely N-dealkylation sites (tertiary alicyclic amines) is 1. The number of halogens is 1. The number of amides is 3. The van der Waals surface area contributed by atoms with Crippen LogP contribution in [0.15, 0.2) is 24.3 Å². The van der Waals surface area contributed by atoms with E-state index in [1.807, 2.05) is 12.1 Å². The lowest BCUT2D eigenvalue weighted by Gasteiger charge is -2.26.